The molecule has 0 saturated carbocycles. The minimum Gasteiger partial charge on any atom is -0.374 e. The molecule has 2 rings (SSSR count). The Balaban J connectivity index is 2.06. The summed E-state index contributed by atoms with van der Waals surface area (Å²) in [6.45, 7) is 1.70. The van der Waals surface area contributed by atoms with Crippen molar-refractivity contribution in [2.75, 3.05) is 19.7 Å². The summed E-state index contributed by atoms with van der Waals surface area (Å²) in [5, 5.41) is 3.10. The van der Waals surface area contributed by atoms with Crippen LogP contribution in [0.5, 0.6) is 0 Å². The summed E-state index contributed by atoms with van der Waals surface area (Å²) in [6.07, 6.45) is -0.253. The van der Waals surface area contributed by atoms with E-state index >= 15 is 0 Å². The summed E-state index contributed by atoms with van der Waals surface area (Å²) in [5.41, 5.74) is 6.23. The summed E-state index contributed by atoms with van der Waals surface area (Å²) in [4.78, 5) is 23.8. The topological polar surface area (TPSA) is 81.4 Å². The number of ketones is 1. The number of primary amides is 1. The predicted octanol–water partition coefficient (Wildman–Crippen LogP) is -0.112. The third-order valence-corrected chi connectivity index (χ3v) is 3.20. The lowest BCUT2D eigenvalue weighted by atomic mass is 9.91. The SMILES string of the molecule is NC(=O)C(C(=O)Cc1ccccc1)C1CNCCO1. The zero-order chi connectivity index (χ0) is 13.7. The number of hydrogen-bond acceptors (Lipinski definition) is 4. The maximum Gasteiger partial charge on any atom is 0.230 e. The van der Waals surface area contributed by atoms with Gasteiger partial charge in [-0.25, -0.2) is 0 Å². The van der Waals surface area contributed by atoms with Gasteiger partial charge < -0.3 is 15.8 Å². The number of nitrogens with two attached hydrogens (primary N) is 1. The molecule has 0 spiro atoms. The number of carbonyl (C=O) groups is 2. The van der Waals surface area contributed by atoms with Gasteiger partial charge in [0.1, 0.15) is 5.92 Å². The number of carbonyl (C=O) groups excluding carboxylic acids is 2. The van der Waals surface area contributed by atoms with Gasteiger partial charge in [0.25, 0.3) is 0 Å². The van der Waals surface area contributed by atoms with Gasteiger partial charge in [0.05, 0.1) is 12.7 Å². The number of benzene rings is 1. The summed E-state index contributed by atoms with van der Waals surface area (Å²) >= 11 is 0. The second kappa shape index (κ2) is 6.45. The van der Waals surface area contributed by atoms with Crippen LogP contribution in [0.25, 0.3) is 0 Å². The largest absolute Gasteiger partial charge is 0.374 e. The number of hydrogen-bond donors (Lipinski definition) is 2. The lowest BCUT2D eigenvalue weighted by molar-refractivity contribution is -0.139. The molecule has 102 valence electrons. The molecule has 1 heterocycles. The molecule has 19 heavy (non-hydrogen) atoms. The third-order valence-electron chi connectivity index (χ3n) is 3.20. The molecular weight excluding hydrogens is 244 g/mol. The monoisotopic (exact) mass is 262 g/mol. The lowest BCUT2D eigenvalue weighted by Crippen LogP contribution is -2.50. The summed E-state index contributed by atoms with van der Waals surface area (Å²) < 4.78 is 5.48. The molecule has 1 amide bonds. The average molecular weight is 262 g/mol. The van der Waals surface area contributed by atoms with Crippen molar-refractivity contribution in [1.82, 2.24) is 5.32 Å². The maximum atomic E-state index is 12.2. The first kappa shape index (κ1) is 13.7. The van der Waals surface area contributed by atoms with E-state index in [1.807, 2.05) is 30.3 Å². The lowest BCUT2D eigenvalue weighted by Gasteiger charge is -2.28. The van der Waals surface area contributed by atoms with E-state index in [4.69, 9.17) is 10.5 Å². The maximum absolute atomic E-state index is 12.2. The summed E-state index contributed by atoms with van der Waals surface area (Å²) in [5.74, 6) is -1.69. The van der Waals surface area contributed by atoms with Crippen molar-refractivity contribution in [3.05, 3.63) is 35.9 Å². The van der Waals surface area contributed by atoms with Crippen LogP contribution in [0.2, 0.25) is 0 Å². The quantitative estimate of drug-likeness (QED) is 0.725. The van der Waals surface area contributed by atoms with E-state index in [1.54, 1.807) is 0 Å². The molecule has 1 aromatic rings. The van der Waals surface area contributed by atoms with E-state index < -0.39 is 17.9 Å². The number of nitrogens with one attached hydrogen (secondary N) is 1. The second-order valence-corrected chi connectivity index (χ2v) is 4.62. The predicted molar refractivity (Wildman–Crippen MR) is 70.4 cm³/mol. The Morgan fingerprint density at radius 1 is 1.37 bits per heavy atom. The van der Waals surface area contributed by atoms with E-state index in [2.05, 4.69) is 5.32 Å². The molecule has 1 aliphatic rings. The minimum absolute atomic E-state index is 0.188. The smallest absolute Gasteiger partial charge is 0.230 e. The Hall–Kier alpha value is -1.72. The Bertz CT molecular complexity index is 441. The molecule has 1 saturated heterocycles. The highest BCUT2D eigenvalue weighted by Crippen LogP contribution is 2.14. The van der Waals surface area contributed by atoms with Gasteiger partial charge in [-0.2, -0.15) is 0 Å². The van der Waals surface area contributed by atoms with E-state index in [-0.39, 0.29) is 12.2 Å². The van der Waals surface area contributed by atoms with Gasteiger partial charge in [-0.15, -0.1) is 0 Å². The van der Waals surface area contributed by atoms with Crippen molar-refractivity contribution in [3.8, 4) is 0 Å². The standard InChI is InChI=1S/C14H18N2O3/c15-14(18)13(12-9-16-6-7-19-12)11(17)8-10-4-2-1-3-5-10/h1-5,12-13,16H,6-9H2,(H2,15,18). The third kappa shape index (κ3) is 3.62. The fourth-order valence-electron chi connectivity index (χ4n) is 2.26. The highest BCUT2D eigenvalue weighted by Gasteiger charge is 2.34. The van der Waals surface area contributed by atoms with Crippen LogP contribution in [0.4, 0.5) is 0 Å². The van der Waals surface area contributed by atoms with Gasteiger partial charge in [-0.05, 0) is 5.56 Å². The van der Waals surface area contributed by atoms with Crippen LogP contribution in [0, 0.1) is 5.92 Å². The van der Waals surface area contributed by atoms with Crippen LogP contribution in [0.15, 0.2) is 30.3 Å². The minimum atomic E-state index is -0.881. The first-order valence-electron chi connectivity index (χ1n) is 6.37. The van der Waals surface area contributed by atoms with Gasteiger partial charge in [0.2, 0.25) is 5.91 Å². The van der Waals surface area contributed by atoms with Crippen molar-refractivity contribution in [2.45, 2.75) is 12.5 Å². The number of ether oxygens (including phenoxy) is 1. The Morgan fingerprint density at radius 2 is 2.11 bits per heavy atom. The molecule has 5 heteroatoms. The molecule has 0 bridgehead atoms. The van der Waals surface area contributed by atoms with Crippen LogP contribution < -0.4 is 11.1 Å². The molecule has 3 N–H and O–H groups in total. The van der Waals surface area contributed by atoms with Crippen molar-refractivity contribution < 1.29 is 14.3 Å². The van der Waals surface area contributed by atoms with Crippen LogP contribution in [0.1, 0.15) is 5.56 Å². The molecule has 0 radical (unpaired) electrons. The second-order valence-electron chi connectivity index (χ2n) is 4.62. The van der Waals surface area contributed by atoms with Crippen LogP contribution >= 0.6 is 0 Å². The van der Waals surface area contributed by atoms with Gasteiger partial charge in [-0.1, -0.05) is 30.3 Å². The molecule has 1 aliphatic heterocycles. The van der Waals surface area contributed by atoms with E-state index in [9.17, 15) is 9.59 Å². The van der Waals surface area contributed by atoms with Crippen LogP contribution in [0.3, 0.4) is 0 Å². The highest BCUT2D eigenvalue weighted by molar-refractivity contribution is 6.02. The van der Waals surface area contributed by atoms with Gasteiger partial charge >= 0.3 is 0 Å². The number of Topliss-reactive ketones (excluding diaryl/α,β-unsaturated/α-hetero) is 1. The molecule has 5 nitrogen and oxygen atoms in total. The first-order valence-corrected chi connectivity index (χ1v) is 6.37. The average Bonchev–Trinajstić information content (AvgIpc) is 2.40. The highest BCUT2D eigenvalue weighted by atomic mass is 16.5. The van der Waals surface area contributed by atoms with Crippen LogP contribution in [-0.4, -0.2) is 37.5 Å². The first-order chi connectivity index (χ1) is 9.18. The van der Waals surface area contributed by atoms with Crippen molar-refractivity contribution in [2.24, 2.45) is 11.7 Å². The Kier molecular flexibility index (Phi) is 4.65. The zero-order valence-corrected chi connectivity index (χ0v) is 10.7. The molecule has 0 aromatic heterocycles. The molecule has 0 aliphatic carbocycles. The number of amides is 1. The van der Waals surface area contributed by atoms with Crippen LogP contribution in [-0.2, 0) is 20.7 Å². The Labute approximate surface area is 112 Å². The zero-order valence-electron chi connectivity index (χ0n) is 10.7. The van der Waals surface area contributed by atoms with E-state index in [0.717, 1.165) is 12.1 Å². The van der Waals surface area contributed by atoms with Gasteiger partial charge in [0, 0.05) is 19.5 Å². The van der Waals surface area contributed by atoms with E-state index in [0.29, 0.717) is 13.2 Å². The molecule has 1 aromatic carbocycles. The number of rotatable bonds is 5. The normalized spacial score (nSPS) is 20.7. The molecule has 2 atom stereocenters. The van der Waals surface area contributed by atoms with Crippen molar-refractivity contribution >= 4 is 11.7 Å². The molecule has 2 unspecified atom stereocenters. The molecular formula is C14H18N2O3. The van der Waals surface area contributed by atoms with Gasteiger partial charge in [-0.3, -0.25) is 9.59 Å². The van der Waals surface area contributed by atoms with Crippen molar-refractivity contribution in [1.29, 1.82) is 0 Å². The summed E-state index contributed by atoms with van der Waals surface area (Å²) in [7, 11) is 0. The van der Waals surface area contributed by atoms with Crippen molar-refractivity contribution in [3.63, 3.8) is 0 Å². The fourth-order valence-corrected chi connectivity index (χ4v) is 2.26. The number of morpholine rings is 1. The summed E-state index contributed by atoms with van der Waals surface area (Å²) in [6, 6.07) is 9.32. The fraction of sp³-hybridized carbons (Fsp3) is 0.429. The molecule has 1 fully saturated rings. The Morgan fingerprint density at radius 3 is 2.68 bits per heavy atom. The van der Waals surface area contributed by atoms with E-state index in [1.165, 1.54) is 0 Å². The van der Waals surface area contributed by atoms with Gasteiger partial charge in [0.15, 0.2) is 5.78 Å².